The Bertz CT molecular complexity index is 606. The van der Waals surface area contributed by atoms with Gasteiger partial charge in [0.15, 0.2) is 11.5 Å². The number of benzene rings is 1. The van der Waals surface area contributed by atoms with Crippen LogP contribution in [0.4, 0.5) is 0 Å². The van der Waals surface area contributed by atoms with E-state index < -0.39 is 5.97 Å². The number of aryl methyl sites for hydroxylation is 1. The number of methoxy groups -OCH3 is 1. The summed E-state index contributed by atoms with van der Waals surface area (Å²) < 4.78 is 10.3. The number of aromatic carboxylic acids is 1. The molecule has 18 heavy (non-hydrogen) atoms. The second-order valence-electron chi connectivity index (χ2n) is 3.69. The van der Waals surface area contributed by atoms with Gasteiger partial charge in [0.25, 0.3) is 0 Å². The van der Waals surface area contributed by atoms with Crippen molar-refractivity contribution in [3.8, 4) is 17.1 Å². The van der Waals surface area contributed by atoms with Crippen LogP contribution in [-0.4, -0.2) is 23.3 Å². The quantitative estimate of drug-likeness (QED) is 0.925. The number of ether oxygens (including phenoxy) is 1. The molecule has 0 radical (unpaired) electrons. The predicted octanol–water partition coefficient (Wildman–Crippen LogP) is 3.01. The standard InChI is InChI=1S/C12H10ClNO4/c1-6-3-7(13)4-8(11(6)17-2)10-5-9(12(15)16)14-18-10/h3-5H,1-2H3,(H,15,16). The van der Waals surface area contributed by atoms with Crippen LogP contribution in [-0.2, 0) is 0 Å². The molecule has 0 saturated carbocycles. The summed E-state index contributed by atoms with van der Waals surface area (Å²) >= 11 is 5.96. The Morgan fingerprint density at radius 2 is 2.17 bits per heavy atom. The molecule has 0 aliphatic heterocycles. The fraction of sp³-hybridized carbons (Fsp3) is 0.167. The first-order chi connectivity index (χ1) is 8.52. The Balaban J connectivity index is 2.58. The summed E-state index contributed by atoms with van der Waals surface area (Å²) in [4.78, 5) is 10.8. The number of carboxylic acids is 1. The van der Waals surface area contributed by atoms with Crippen molar-refractivity contribution in [2.75, 3.05) is 7.11 Å². The van der Waals surface area contributed by atoms with E-state index in [0.29, 0.717) is 22.1 Å². The van der Waals surface area contributed by atoms with Crippen LogP contribution >= 0.6 is 11.6 Å². The van der Waals surface area contributed by atoms with Crippen LogP contribution in [0, 0.1) is 6.92 Å². The second kappa shape index (κ2) is 4.70. The molecule has 2 rings (SSSR count). The van der Waals surface area contributed by atoms with Crippen molar-refractivity contribution in [1.29, 1.82) is 0 Å². The molecular weight excluding hydrogens is 258 g/mol. The number of hydrogen-bond acceptors (Lipinski definition) is 4. The molecule has 1 N–H and O–H groups in total. The van der Waals surface area contributed by atoms with E-state index in [1.54, 1.807) is 12.1 Å². The van der Waals surface area contributed by atoms with Gasteiger partial charge in [0.2, 0.25) is 0 Å². The summed E-state index contributed by atoms with van der Waals surface area (Å²) in [6.45, 7) is 1.84. The zero-order valence-electron chi connectivity index (χ0n) is 9.73. The first-order valence-electron chi connectivity index (χ1n) is 5.07. The Morgan fingerprint density at radius 1 is 1.44 bits per heavy atom. The van der Waals surface area contributed by atoms with Gasteiger partial charge in [-0.25, -0.2) is 4.79 Å². The van der Waals surface area contributed by atoms with Crippen LogP contribution in [0.3, 0.4) is 0 Å². The third-order valence-electron chi connectivity index (χ3n) is 2.44. The number of nitrogens with zero attached hydrogens (tertiary/aromatic N) is 1. The molecule has 0 unspecified atom stereocenters. The molecule has 0 spiro atoms. The van der Waals surface area contributed by atoms with Gasteiger partial charge >= 0.3 is 5.97 Å². The van der Waals surface area contributed by atoms with E-state index >= 15 is 0 Å². The Kier molecular flexibility index (Phi) is 3.25. The molecule has 0 bridgehead atoms. The summed E-state index contributed by atoms with van der Waals surface area (Å²) in [6.07, 6.45) is 0. The second-order valence-corrected chi connectivity index (χ2v) is 4.12. The SMILES string of the molecule is COc1c(C)cc(Cl)cc1-c1cc(C(=O)O)no1. The molecule has 0 amide bonds. The maximum atomic E-state index is 10.8. The number of rotatable bonds is 3. The number of carboxylic acid groups (broad SMARTS) is 1. The Hall–Kier alpha value is -2.01. The van der Waals surface area contributed by atoms with Crippen LogP contribution in [0.1, 0.15) is 16.1 Å². The Labute approximate surface area is 108 Å². The van der Waals surface area contributed by atoms with E-state index in [0.717, 1.165) is 5.56 Å². The molecule has 1 heterocycles. The van der Waals surface area contributed by atoms with Gasteiger partial charge in [-0.15, -0.1) is 0 Å². The van der Waals surface area contributed by atoms with Crippen molar-refractivity contribution in [2.24, 2.45) is 0 Å². The fourth-order valence-electron chi connectivity index (χ4n) is 1.69. The number of hydrogen-bond donors (Lipinski definition) is 1. The fourth-order valence-corrected chi connectivity index (χ4v) is 1.96. The molecule has 1 aromatic heterocycles. The molecule has 1 aromatic carbocycles. The van der Waals surface area contributed by atoms with Crippen LogP contribution in [0.2, 0.25) is 5.02 Å². The molecule has 0 atom stereocenters. The minimum atomic E-state index is -1.15. The van der Waals surface area contributed by atoms with Crippen molar-refractivity contribution in [3.05, 3.63) is 34.5 Å². The summed E-state index contributed by atoms with van der Waals surface area (Å²) in [5.74, 6) is -0.273. The highest BCUT2D eigenvalue weighted by Gasteiger charge is 2.17. The van der Waals surface area contributed by atoms with Crippen molar-refractivity contribution < 1.29 is 19.2 Å². The monoisotopic (exact) mass is 267 g/mol. The first kappa shape index (κ1) is 12.4. The van der Waals surface area contributed by atoms with Gasteiger partial charge in [0.1, 0.15) is 5.75 Å². The number of halogens is 1. The molecule has 94 valence electrons. The molecule has 5 nitrogen and oxygen atoms in total. The van der Waals surface area contributed by atoms with E-state index in [1.807, 2.05) is 6.92 Å². The highest BCUT2D eigenvalue weighted by atomic mass is 35.5. The summed E-state index contributed by atoms with van der Waals surface area (Å²) in [6, 6.07) is 4.72. The molecule has 0 saturated heterocycles. The third kappa shape index (κ3) is 2.17. The van der Waals surface area contributed by atoms with Crippen molar-refractivity contribution in [2.45, 2.75) is 6.92 Å². The van der Waals surface area contributed by atoms with Crippen LogP contribution in [0.5, 0.6) is 5.75 Å². The molecule has 2 aromatic rings. The first-order valence-corrected chi connectivity index (χ1v) is 5.45. The zero-order valence-corrected chi connectivity index (χ0v) is 10.5. The largest absolute Gasteiger partial charge is 0.496 e. The lowest BCUT2D eigenvalue weighted by atomic mass is 10.1. The summed E-state index contributed by atoms with van der Waals surface area (Å²) in [5.41, 5.74) is 1.24. The van der Waals surface area contributed by atoms with Crippen molar-refractivity contribution in [1.82, 2.24) is 5.16 Å². The van der Waals surface area contributed by atoms with E-state index in [4.69, 9.17) is 26.0 Å². The van der Waals surface area contributed by atoms with Gasteiger partial charge in [-0.2, -0.15) is 0 Å². The van der Waals surface area contributed by atoms with Crippen molar-refractivity contribution >= 4 is 17.6 Å². The maximum Gasteiger partial charge on any atom is 0.358 e. The highest BCUT2D eigenvalue weighted by molar-refractivity contribution is 6.31. The lowest BCUT2D eigenvalue weighted by Gasteiger charge is -2.09. The maximum absolute atomic E-state index is 10.8. The van der Waals surface area contributed by atoms with Gasteiger partial charge < -0.3 is 14.4 Å². The molecule has 0 fully saturated rings. The average molecular weight is 268 g/mol. The summed E-state index contributed by atoms with van der Waals surface area (Å²) in [5, 5.41) is 12.8. The minimum Gasteiger partial charge on any atom is -0.496 e. The normalized spacial score (nSPS) is 10.4. The van der Waals surface area contributed by atoms with Gasteiger partial charge in [-0.1, -0.05) is 16.8 Å². The highest BCUT2D eigenvalue weighted by Crippen LogP contribution is 2.35. The summed E-state index contributed by atoms with van der Waals surface area (Å²) in [7, 11) is 1.52. The van der Waals surface area contributed by atoms with Gasteiger partial charge in [0.05, 0.1) is 12.7 Å². The van der Waals surface area contributed by atoms with E-state index in [9.17, 15) is 4.79 Å². The van der Waals surface area contributed by atoms with Gasteiger partial charge in [-0.05, 0) is 24.6 Å². The zero-order chi connectivity index (χ0) is 13.3. The van der Waals surface area contributed by atoms with E-state index in [-0.39, 0.29) is 5.69 Å². The van der Waals surface area contributed by atoms with Crippen LogP contribution in [0.25, 0.3) is 11.3 Å². The lowest BCUT2D eigenvalue weighted by molar-refractivity contribution is 0.0686. The minimum absolute atomic E-state index is 0.162. The molecule has 6 heteroatoms. The molecular formula is C12H10ClNO4. The van der Waals surface area contributed by atoms with Crippen LogP contribution in [0.15, 0.2) is 22.7 Å². The predicted molar refractivity (Wildman–Crippen MR) is 65.2 cm³/mol. The molecule has 0 aliphatic rings. The van der Waals surface area contributed by atoms with Crippen molar-refractivity contribution in [3.63, 3.8) is 0 Å². The Morgan fingerprint density at radius 3 is 2.72 bits per heavy atom. The van der Waals surface area contributed by atoms with Gasteiger partial charge in [0, 0.05) is 11.1 Å². The molecule has 0 aliphatic carbocycles. The van der Waals surface area contributed by atoms with Gasteiger partial charge in [-0.3, -0.25) is 0 Å². The number of carbonyl (C=O) groups is 1. The lowest BCUT2D eigenvalue weighted by Crippen LogP contribution is -1.94. The third-order valence-corrected chi connectivity index (χ3v) is 2.66. The van der Waals surface area contributed by atoms with Crippen LogP contribution < -0.4 is 4.74 Å². The van der Waals surface area contributed by atoms with E-state index in [1.165, 1.54) is 13.2 Å². The average Bonchev–Trinajstić information content (AvgIpc) is 2.77. The number of aromatic nitrogens is 1. The smallest absolute Gasteiger partial charge is 0.358 e. The van der Waals surface area contributed by atoms with E-state index in [2.05, 4.69) is 5.16 Å². The topological polar surface area (TPSA) is 72.6 Å².